The molecule has 1 aromatic rings. The standard InChI is InChI=1S/C11H12N4O2/c1-8(2)5-6-13-11-4-3-10(15(16)17)9(7-12)14-11/h3-5H,6H2,1-2H3,(H,13,14). The number of nitriles is 1. The van der Waals surface area contributed by atoms with E-state index in [0.29, 0.717) is 12.4 Å². The van der Waals surface area contributed by atoms with E-state index in [2.05, 4.69) is 10.3 Å². The van der Waals surface area contributed by atoms with E-state index in [1.807, 2.05) is 19.9 Å². The van der Waals surface area contributed by atoms with Crippen LogP contribution in [0.1, 0.15) is 19.5 Å². The molecule has 0 atom stereocenters. The lowest BCUT2D eigenvalue weighted by atomic mass is 10.3. The zero-order valence-electron chi connectivity index (χ0n) is 9.60. The van der Waals surface area contributed by atoms with Crippen molar-refractivity contribution < 1.29 is 4.92 Å². The summed E-state index contributed by atoms with van der Waals surface area (Å²) in [5, 5.41) is 22.3. The molecule has 0 aliphatic heterocycles. The van der Waals surface area contributed by atoms with E-state index in [4.69, 9.17) is 5.26 Å². The summed E-state index contributed by atoms with van der Waals surface area (Å²) in [4.78, 5) is 13.8. The van der Waals surface area contributed by atoms with Crippen molar-refractivity contribution in [2.45, 2.75) is 13.8 Å². The summed E-state index contributed by atoms with van der Waals surface area (Å²) >= 11 is 0. The number of rotatable bonds is 4. The van der Waals surface area contributed by atoms with Gasteiger partial charge in [0.1, 0.15) is 11.9 Å². The predicted octanol–water partition coefficient (Wildman–Crippen LogP) is 2.24. The minimum atomic E-state index is -0.620. The fourth-order valence-electron chi connectivity index (χ4n) is 1.14. The first kappa shape index (κ1) is 12.6. The van der Waals surface area contributed by atoms with Crippen LogP contribution in [-0.2, 0) is 0 Å². The van der Waals surface area contributed by atoms with Crippen LogP contribution in [0.4, 0.5) is 11.5 Å². The molecule has 17 heavy (non-hydrogen) atoms. The van der Waals surface area contributed by atoms with E-state index in [1.165, 1.54) is 12.1 Å². The number of anilines is 1. The van der Waals surface area contributed by atoms with Gasteiger partial charge < -0.3 is 5.32 Å². The number of nitrogens with one attached hydrogen (secondary N) is 1. The highest BCUT2D eigenvalue weighted by Gasteiger charge is 2.14. The second-order valence-corrected chi connectivity index (χ2v) is 3.60. The van der Waals surface area contributed by atoms with Crippen LogP contribution in [0.15, 0.2) is 23.8 Å². The molecule has 6 heteroatoms. The predicted molar refractivity (Wildman–Crippen MR) is 63.5 cm³/mol. The second kappa shape index (κ2) is 5.61. The van der Waals surface area contributed by atoms with Crippen molar-refractivity contribution in [3.8, 4) is 6.07 Å². The molecular formula is C11H12N4O2. The fourth-order valence-corrected chi connectivity index (χ4v) is 1.14. The van der Waals surface area contributed by atoms with Gasteiger partial charge in [0.2, 0.25) is 5.69 Å². The van der Waals surface area contributed by atoms with Crippen LogP contribution >= 0.6 is 0 Å². The first-order valence-corrected chi connectivity index (χ1v) is 4.97. The lowest BCUT2D eigenvalue weighted by Gasteiger charge is -2.03. The first-order chi connectivity index (χ1) is 8.04. The van der Waals surface area contributed by atoms with Crippen LogP contribution in [0, 0.1) is 21.4 Å². The summed E-state index contributed by atoms with van der Waals surface area (Å²) in [6, 6.07) is 4.47. The number of nitro groups is 1. The van der Waals surface area contributed by atoms with Gasteiger partial charge in [-0.3, -0.25) is 10.1 Å². The Bertz CT molecular complexity index is 499. The maximum atomic E-state index is 10.6. The molecule has 0 aliphatic carbocycles. The number of pyridine rings is 1. The van der Waals surface area contributed by atoms with Crippen molar-refractivity contribution in [3.63, 3.8) is 0 Å². The van der Waals surface area contributed by atoms with E-state index < -0.39 is 4.92 Å². The van der Waals surface area contributed by atoms with Gasteiger partial charge in [-0.15, -0.1) is 0 Å². The minimum absolute atomic E-state index is 0.183. The third-order valence-corrected chi connectivity index (χ3v) is 1.97. The summed E-state index contributed by atoms with van der Waals surface area (Å²) in [5.74, 6) is 0.449. The van der Waals surface area contributed by atoms with Gasteiger partial charge >= 0.3 is 5.69 Å². The Kier molecular flexibility index (Phi) is 4.17. The molecule has 0 fully saturated rings. The van der Waals surface area contributed by atoms with Gasteiger partial charge in [-0.05, 0) is 19.9 Å². The Balaban J connectivity index is 2.88. The normalized spacial score (nSPS) is 9.24. The molecule has 0 radical (unpaired) electrons. The Morgan fingerprint density at radius 2 is 2.35 bits per heavy atom. The second-order valence-electron chi connectivity index (χ2n) is 3.60. The number of hydrogen-bond acceptors (Lipinski definition) is 5. The molecule has 6 nitrogen and oxygen atoms in total. The Labute approximate surface area is 98.7 Å². The van der Waals surface area contributed by atoms with E-state index in [0.717, 1.165) is 5.57 Å². The van der Waals surface area contributed by atoms with E-state index in [1.54, 1.807) is 6.07 Å². The molecular weight excluding hydrogens is 220 g/mol. The molecule has 1 rings (SSSR count). The fraction of sp³-hybridized carbons (Fsp3) is 0.273. The first-order valence-electron chi connectivity index (χ1n) is 4.97. The summed E-state index contributed by atoms with van der Waals surface area (Å²) in [7, 11) is 0. The van der Waals surface area contributed by atoms with Crippen LogP contribution in [0.3, 0.4) is 0 Å². The smallest absolute Gasteiger partial charge is 0.305 e. The van der Waals surface area contributed by atoms with E-state index in [9.17, 15) is 10.1 Å². The van der Waals surface area contributed by atoms with Crippen LogP contribution in [0.2, 0.25) is 0 Å². The largest absolute Gasteiger partial charge is 0.367 e. The van der Waals surface area contributed by atoms with Crippen LogP contribution in [0.5, 0.6) is 0 Å². The maximum Gasteiger partial charge on any atom is 0.305 e. The number of hydrogen-bond donors (Lipinski definition) is 1. The van der Waals surface area contributed by atoms with Crippen LogP contribution in [0.25, 0.3) is 0 Å². The van der Waals surface area contributed by atoms with Crippen LogP contribution in [-0.4, -0.2) is 16.5 Å². The van der Waals surface area contributed by atoms with Gasteiger partial charge in [0.05, 0.1) is 4.92 Å². The maximum absolute atomic E-state index is 10.6. The highest BCUT2D eigenvalue weighted by Crippen LogP contribution is 2.17. The Hall–Kier alpha value is -2.42. The summed E-state index contributed by atoms with van der Waals surface area (Å²) in [6.07, 6.45) is 1.95. The Morgan fingerprint density at radius 3 is 2.88 bits per heavy atom. The van der Waals surface area contributed by atoms with E-state index in [-0.39, 0.29) is 11.4 Å². The van der Waals surface area contributed by atoms with Crippen molar-refractivity contribution in [2.24, 2.45) is 0 Å². The van der Waals surface area contributed by atoms with Crippen molar-refractivity contribution in [1.29, 1.82) is 5.26 Å². The average molecular weight is 232 g/mol. The molecule has 1 heterocycles. The van der Waals surface area contributed by atoms with Crippen molar-refractivity contribution >= 4 is 11.5 Å². The molecule has 0 aliphatic rings. The summed E-state index contributed by atoms with van der Waals surface area (Å²) in [6.45, 7) is 4.50. The molecule has 0 bridgehead atoms. The average Bonchev–Trinajstić information content (AvgIpc) is 2.28. The lowest BCUT2D eigenvalue weighted by molar-refractivity contribution is -0.385. The van der Waals surface area contributed by atoms with Gasteiger partial charge in [-0.25, -0.2) is 4.98 Å². The zero-order chi connectivity index (χ0) is 12.8. The summed E-state index contributed by atoms with van der Waals surface area (Å²) in [5.41, 5.74) is 0.692. The van der Waals surface area contributed by atoms with Crippen molar-refractivity contribution in [1.82, 2.24) is 4.98 Å². The topological polar surface area (TPSA) is 91.9 Å². The zero-order valence-corrected chi connectivity index (χ0v) is 9.60. The molecule has 1 aromatic heterocycles. The molecule has 0 saturated carbocycles. The third-order valence-electron chi connectivity index (χ3n) is 1.97. The van der Waals surface area contributed by atoms with Crippen molar-refractivity contribution in [3.05, 3.63) is 39.6 Å². The third kappa shape index (κ3) is 3.57. The molecule has 1 N–H and O–H groups in total. The van der Waals surface area contributed by atoms with Gasteiger partial charge in [0.15, 0.2) is 0 Å². The van der Waals surface area contributed by atoms with Gasteiger partial charge in [0, 0.05) is 12.6 Å². The molecule has 0 spiro atoms. The quantitative estimate of drug-likeness (QED) is 0.488. The molecule has 0 saturated heterocycles. The highest BCUT2D eigenvalue weighted by atomic mass is 16.6. The lowest BCUT2D eigenvalue weighted by Crippen LogP contribution is -2.03. The SMILES string of the molecule is CC(C)=CCNc1ccc([N+](=O)[O-])c(C#N)n1. The van der Waals surface area contributed by atoms with Gasteiger partial charge in [-0.1, -0.05) is 11.6 Å². The van der Waals surface area contributed by atoms with Gasteiger partial charge in [-0.2, -0.15) is 5.26 Å². The summed E-state index contributed by atoms with van der Waals surface area (Å²) < 4.78 is 0. The van der Waals surface area contributed by atoms with E-state index >= 15 is 0 Å². The number of aromatic nitrogens is 1. The van der Waals surface area contributed by atoms with Crippen molar-refractivity contribution in [2.75, 3.05) is 11.9 Å². The Morgan fingerprint density at radius 1 is 1.65 bits per heavy atom. The highest BCUT2D eigenvalue weighted by molar-refractivity contribution is 5.50. The number of nitrogens with zero attached hydrogens (tertiary/aromatic N) is 3. The molecule has 0 aromatic carbocycles. The van der Waals surface area contributed by atoms with Gasteiger partial charge in [0.25, 0.3) is 0 Å². The van der Waals surface area contributed by atoms with Crippen LogP contribution < -0.4 is 5.32 Å². The molecule has 88 valence electrons. The monoisotopic (exact) mass is 232 g/mol. The number of allylic oxidation sites excluding steroid dienone is 1. The molecule has 0 unspecified atom stereocenters. The minimum Gasteiger partial charge on any atom is -0.367 e. The molecule has 0 amide bonds.